The molecule has 5 heteroatoms. The molecule has 0 spiro atoms. The molecule has 2 rings (SSSR count). The molecule has 1 atom stereocenters. The molecule has 1 fully saturated rings. The van der Waals surface area contributed by atoms with Gasteiger partial charge in [0.15, 0.2) is 0 Å². The molecule has 0 saturated heterocycles. The molecule has 1 aliphatic rings. The third kappa shape index (κ3) is 3.20. The van der Waals surface area contributed by atoms with Crippen molar-refractivity contribution in [2.24, 2.45) is 5.41 Å². The predicted octanol–water partition coefficient (Wildman–Crippen LogP) is 4.07. The number of rotatable bonds is 7. The molecule has 1 aromatic carbocycles. The van der Waals surface area contributed by atoms with Gasteiger partial charge in [-0.1, -0.05) is 19.1 Å². The number of nitro benzene ring substituents is 1. The first-order chi connectivity index (χ1) is 9.50. The summed E-state index contributed by atoms with van der Waals surface area (Å²) >= 11 is 3.40. The fourth-order valence-corrected chi connectivity index (χ4v) is 3.27. The standard InChI is InChI=1S/C15H21BrN2O2/c1-3-9-17-11(2)15(7-8-15)10-12-5-4-6-13(14(12)16)18(19)20/h4-6,11,17H,3,7-10H2,1-2H3. The molecule has 1 unspecified atom stereocenters. The van der Waals surface area contributed by atoms with Crippen molar-refractivity contribution >= 4 is 21.6 Å². The van der Waals surface area contributed by atoms with Crippen LogP contribution in [-0.2, 0) is 6.42 Å². The highest BCUT2D eigenvalue weighted by Crippen LogP contribution is 2.52. The molecule has 1 aromatic rings. The van der Waals surface area contributed by atoms with Gasteiger partial charge in [-0.05, 0) is 66.1 Å². The maximum atomic E-state index is 11.0. The summed E-state index contributed by atoms with van der Waals surface area (Å²) in [4.78, 5) is 10.7. The van der Waals surface area contributed by atoms with Gasteiger partial charge in [-0.2, -0.15) is 0 Å². The van der Waals surface area contributed by atoms with Gasteiger partial charge in [0.05, 0.1) is 9.40 Å². The SMILES string of the molecule is CCCNC(C)C1(Cc2cccc([N+](=O)[O-])c2Br)CC1. The monoisotopic (exact) mass is 340 g/mol. The summed E-state index contributed by atoms with van der Waals surface area (Å²) in [7, 11) is 0. The minimum atomic E-state index is -0.327. The fourth-order valence-electron chi connectivity index (χ4n) is 2.72. The van der Waals surface area contributed by atoms with Gasteiger partial charge in [-0.3, -0.25) is 10.1 Å². The average molecular weight is 341 g/mol. The minimum absolute atomic E-state index is 0.160. The summed E-state index contributed by atoms with van der Waals surface area (Å²) in [5.74, 6) is 0. The van der Waals surface area contributed by atoms with E-state index in [9.17, 15) is 10.1 Å². The third-order valence-corrected chi connectivity index (χ3v) is 5.22. The molecular formula is C15H21BrN2O2. The molecule has 0 aromatic heterocycles. The number of benzene rings is 1. The van der Waals surface area contributed by atoms with Crippen LogP contribution in [0.15, 0.2) is 22.7 Å². The van der Waals surface area contributed by atoms with Gasteiger partial charge in [0.1, 0.15) is 0 Å². The van der Waals surface area contributed by atoms with Crippen LogP contribution in [0.5, 0.6) is 0 Å². The second-order valence-corrected chi connectivity index (χ2v) is 6.52. The highest BCUT2D eigenvalue weighted by atomic mass is 79.9. The van der Waals surface area contributed by atoms with Gasteiger partial charge >= 0.3 is 0 Å². The van der Waals surface area contributed by atoms with E-state index in [1.165, 1.54) is 12.8 Å². The van der Waals surface area contributed by atoms with Crippen LogP contribution in [0.2, 0.25) is 0 Å². The van der Waals surface area contributed by atoms with E-state index in [1.54, 1.807) is 12.1 Å². The van der Waals surface area contributed by atoms with Crippen LogP contribution < -0.4 is 5.32 Å². The Morgan fingerprint density at radius 1 is 1.50 bits per heavy atom. The van der Waals surface area contributed by atoms with Gasteiger partial charge < -0.3 is 5.32 Å². The summed E-state index contributed by atoms with van der Waals surface area (Å²) in [6.07, 6.45) is 4.41. The Balaban J connectivity index is 2.14. The highest BCUT2D eigenvalue weighted by Gasteiger charge is 2.47. The average Bonchev–Trinajstić information content (AvgIpc) is 3.19. The number of nitrogens with one attached hydrogen (secondary N) is 1. The molecule has 1 aliphatic carbocycles. The summed E-state index contributed by atoms with van der Waals surface area (Å²) in [6, 6.07) is 5.77. The van der Waals surface area contributed by atoms with Crippen LogP contribution in [0.25, 0.3) is 0 Å². The van der Waals surface area contributed by atoms with Crippen molar-refractivity contribution in [2.45, 2.75) is 45.6 Å². The van der Waals surface area contributed by atoms with Crippen molar-refractivity contribution in [1.29, 1.82) is 0 Å². The van der Waals surface area contributed by atoms with E-state index in [0.29, 0.717) is 10.5 Å². The van der Waals surface area contributed by atoms with Crippen LogP contribution in [0.3, 0.4) is 0 Å². The topological polar surface area (TPSA) is 55.2 Å². The lowest BCUT2D eigenvalue weighted by atomic mass is 9.89. The number of hydrogen-bond acceptors (Lipinski definition) is 3. The molecule has 0 heterocycles. The summed E-state index contributed by atoms with van der Waals surface area (Å²) in [6.45, 7) is 5.42. The van der Waals surface area contributed by atoms with E-state index in [0.717, 1.165) is 24.9 Å². The van der Waals surface area contributed by atoms with Crippen molar-refractivity contribution < 1.29 is 4.92 Å². The molecule has 0 radical (unpaired) electrons. The zero-order chi connectivity index (χ0) is 14.8. The number of nitro groups is 1. The van der Waals surface area contributed by atoms with Crippen molar-refractivity contribution in [3.05, 3.63) is 38.3 Å². The second kappa shape index (κ2) is 6.22. The molecule has 1 saturated carbocycles. The van der Waals surface area contributed by atoms with Crippen molar-refractivity contribution in [2.75, 3.05) is 6.54 Å². The zero-order valence-corrected chi connectivity index (χ0v) is 13.6. The first kappa shape index (κ1) is 15.4. The van der Waals surface area contributed by atoms with Gasteiger partial charge in [-0.25, -0.2) is 0 Å². The third-order valence-electron chi connectivity index (χ3n) is 4.31. The maximum absolute atomic E-state index is 11.0. The molecule has 20 heavy (non-hydrogen) atoms. The number of nitrogens with zero attached hydrogens (tertiary/aromatic N) is 1. The molecule has 4 nitrogen and oxygen atoms in total. The Morgan fingerprint density at radius 2 is 2.20 bits per heavy atom. The second-order valence-electron chi connectivity index (χ2n) is 5.72. The van der Waals surface area contributed by atoms with E-state index >= 15 is 0 Å². The predicted molar refractivity (Wildman–Crippen MR) is 83.9 cm³/mol. The Labute approximate surface area is 128 Å². The lowest BCUT2D eigenvalue weighted by Crippen LogP contribution is -2.36. The molecule has 110 valence electrons. The zero-order valence-electron chi connectivity index (χ0n) is 12.0. The van der Waals surface area contributed by atoms with Gasteiger partial charge in [0, 0.05) is 12.1 Å². The lowest BCUT2D eigenvalue weighted by molar-refractivity contribution is -0.385. The Kier molecular flexibility index (Phi) is 4.81. The highest BCUT2D eigenvalue weighted by molar-refractivity contribution is 9.10. The molecule has 0 bridgehead atoms. The van der Waals surface area contributed by atoms with Crippen molar-refractivity contribution in [3.63, 3.8) is 0 Å². The van der Waals surface area contributed by atoms with Crippen molar-refractivity contribution in [3.8, 4) is 0 Å². The fraction of sp³-hybridized carbons (Fsp3) is 0.600. The normalized spacial score (nSPS) is 17.8. The Bertz CT molecular complexity index is 501. The lowest BCUT2D eigenvalue weighted by Gasteiger charge is -2.25. The van der Waals surface area contributed by atoms with Crippen molar-refractivity contribution in [1.82, 2.24) is 5.32 Å². The van der Waals surface area contributed by atoms with Gasteiger partial charge in [-0.15, -0.1) is 0 Å². The van der Waals surface area contributed by atoms with Crippen LogP contribution in [0.1, 0.15) is 38.7 Å². The largest absolute Gasteiger partial charge is 0.314 e. The maximum Gasteiger partial charge on any atom is 0.283 e. The van der Waals surface area contributed by atoms with E-state index in [4.69, 9.17) is 0 Å². The Hall–Kier alpha value is -0.940. The van der Waals surface area contributed by atoms with Crippen LogP contribution >= 0.6 is 15.9 Å². The van der Waals surface area contributed by atoms with Crippen LogP contribution in [-0.4, -0.2) is 17.5 Å². The van der Waals surface area contributed by atoms with E-state index < -0.39 is 0 Å². The molecule has 0 amide bonds. The molecule has 1 N–H and O–H groups in total. The first-order valence-corrected chi connectivity index (χ1v) is 7.94. The molecular weight excluding hydrogens is 320 g/mol. The minimum Gasteiger partial charge on any atom is -0.314 e. The van der Waals surface area contributed by atoms with E-state index in [2.05, 4.69) is 35.1 Å². The molecule has 0 aliphatic heterocycles. The summed E-state index contributed by atoms with van der Waals surface area (Å²) in [5.41, 5.74) is 1.47. The van der Waals surface area contributed by atoms with Crippen LogP contribution in [0, 0.1) is 15.5 Å². The van der Waals surface area contributed by atoms with Gasteiger partial charge in [0.2, 0.25) is 0 Å². The number of hydrogen-bond donors (Lipinski definition) is 1. The van der Waals surface area contributed by atoms with Crippen LogP contribution in [0.4, 0.5) is 5.69 Å². The number of halogens is 1. The smallest absolute Gasteiger partial charge is 0.283 e. The Morgan fingerprint density at radius 3 is 2.75 bits per heavy atom. The van der Waals surface area contributed by atoms with Gasteiger partial charge in [0.25, 0.3) is 5.69 Å². The quantitative estimate of drug-likeness (QED) is 0.601. The van der Waals surface area contributed by atoms with E-state index in [1.807, 2.05) is 6.07 Å². The van der Waals surface area contributed by atoms with E-state index in [-0.39, 0.29) is 16.0 Å². The summed E-state index contributed by atoms with van der Waals surface area (Å²) < 4.78 is 0.638. The summed E-state index contributed by atoms with van der Waals surface area (Å²) in [5, 5.41) is 14.6. The first-order valence-electron chi connectivity index (χ1n) is 7.15.